The van der Waals surface area contributed by atoms with Crippen molar-refractivity contribution in [2.75, 3.05) is 13.7 Å². The molecule has 4 heteroatoms. The molecule has 0 aromatic heterocycles. The number of methoxy groups -OCH3 is 1. The largest absolute Gasteiger partial charge is 0.382 e. The van der Waals surface area contributed by atoms with Crippen LogP contribution in [0.5, 0.6) is 0 Å². The fourth-order valence-electron chi connectivity index (χ4n) is 0.994. The summed E-state index contributed by atoms with van der Waals surface area (Å²) in [6.07, 6.45) is 0. The molecule has 0 unspecified atom stereocenters. The Balaban J connectivity index is 2.40. The Hall–Kier alpha value is -1.39. The molecule has 1 aromatic rings. The monoisotopic (exact) mass is 209 g/mol. The number of hydrogen-bond donors (Lipinski definition) is 0. The molecule has 0 amide bonds. The van der Waals surface area contributed by atoms with E-state index >= 15 is 0 Å². The Morgan fingerprint density at radius 1 is 1.47 bits per heavy atom. The average Bonchev–Trinajstić information content (AvgIpc) is 2.24. The number of carbonyl (C=O) groups excluding carboxylic acids is 1. The van der Waals surface area contributed by atoms with Crippen molar-refractivity contribution in [3.8, 4) is 0 Å². The van der Waals surface area contributed by atoms with Crippen molar-refractivity contribution in [1.29, 1.82) is 0 Å². The molecule has 0 heterocycles. The van der Waals surface area contributed by atoms with Gasteiger partial charge in [-0.15, -0.1) is 0 Å². The minimum Gasteiger partial charge on any atom is -0.382 e. The van der Waals surface area contributed by atoms with E-state index in [-0.39, 0.29) is 6.61 Å². The van der Waals surface area contributed by atoms with Crippen molar-refractivity contribution in [2.45, 2.75) is 6.92 Å². The molecule has 0 saturated carbocycles. The van der Waals surface area contributed by atoms with E-state index in [2.05, 4.69) is 14.5 Å². The third-order valence-corrected chi connectivity index (χ3v) is 1.68. The first-order valence-electron chi connectivity index (χ1n) is 4.49. The lowest BCUT2D eigenvalue weighted by molar-refractivity contribution is -0.217. The fraction of sp³-hybridized carbons (Fsp3) is 0.273. The molecule has 0 N–H and O–H groups in total. The second kappa shape index (κ2) is 6.16. The summed E-state index contributed by atoms with van der Waals surface area (Å²) >= 11 is 0. The summed E-state index contributed by atoms with van der Waals surface area (Å²) in [4.78, 5) is 20.4. The number of aryl methyl sites for hydroxylation is 1. The Labute approximate surface area is 88.7 Å². The highest BCUT2D eigenvalue weighted by Gasteiger charge is 2.07. The standard InChI is InChI=1S/C11H13O4/c1-9-4-3-5-10(8-9)11(12)15-14-7-6-13-2/h3-5,7-8H,6H2,1-2H3. The molecule has 81 valence electrons. The van der Waals surface area contributed by atoms with Crippen molar-refractivity contribution in [3.63, 3.8) is 0 Å². The molecule has 0 aliphatic carbocycles. The Morgan fingerprint density at radius 3 is 2.93 bits per heavy atom. The van der Waals surface area contributed by atoms with Crippen LogP contribution in [-0.2, 0) is 14.5 Å². The van der Waals surface area contributed by atoms with E-state index in [4.69, 9.17) is 0 Å². The Morgan fingerprint density at radius 2 is 2.27 bits per heavy atom. The first-order valence-corrected chi connectivity index (χ1v) is 4.49. The normalized spacial score (nSPS) is 10.0. The van der Waals surface area contributed by atoms with Crippen molar-refractivity contribution >= 4 is 5.97 Å². The maximum absolute atomic E-state index is 11.4. The van der Waals surface area contributed by atoms with Crippen molar-refractivity contribution in [3.05, 3.63) is 42.0 Å². The van der Waals surface area contributed by atoms with Crippen molar-refractivity contribution in [1.82, 2.24) is 0 Å². The highest BCUT2D eigenvalue weighted by molar-refractivity contribution is 5.89. The van der Waals surface area contributed by atoms with Crippen LogP contribution in [0.15, 0.2) is 24.3 Å². The highest BCUT2D eigenvalue weighted by Crippen LogP contribution is 2.05. The molecule has 1 radical (unpaired) electrons. The molecule has 4 nitrogen and oxygen atoms in total. The zero-order valence-electron chi connectivity index (χ0n) is 8.73. The van der Waals surface area contributed by atoms with Crippen LogP contribution in [0.4, 0.5) is 0 Å². The second-order valence-corrected chi connectivity index (χ2v) is 2.96. The van der Waals surface area contributed by atoms with Gasteiger partial charge in [-0.3, -0.25) is 4.89 Å². The van der Waals surface area contributed by atoms with Gasteiger partial charge in [0.1, 0.15) is 0 Å². The summed E-state index contributed by atoms with van der Waals surface area (Å²) in [5.74, 6) is -0.522. The zero-order valence-corrected chi connectivity index (χ0v) is 8.73. The molecule has 0 fully saturated rings. The molecule has 0 saturated heterocycles. The van der Waals surface area contributed by atoms with Crippen LogP contribution in [0.1, 0.15) is 15.9 Å². The van der Waals surface area contributed by atoms with Gasteiger partial charge in [-0.25, -0.2) is 4.79 Å². The smallest absolute Gasteiger partial charge is 0.373 e. The van der Waals surface area contributed by atoms with Gasteiger partial charge in [-0.1, -0.05) is 17.7 Å². The van der Waals surface area contributed by atoms with Crippen LogP contribution in [-0.4, -0.2) is 19.7 Å². The maximum Gasteiger partial charge on any atom is 0.373 e. The maximum atomic E-state index is 11.4. The predicted molar refractivity (Wildman–Crippen MR) is 53.9 cm³/mol. The number of carbonyl (C=O) groups is 1. The van der Waals surface area contributed by atoms with E-state index < -0.39 is 5.97 Å². The Kier molecular flexibility index (Phi) is 4.80. The van der Waals surface area contributed by atoms with Gasteiger partial charge in [0, 0.05) is 7.11 Å². The minimum absolute atomic E-state index is 0.265. The fourth-order valence-corrected chi connectivity index (χ4v) is 0.994. The molecule has 0 atom stereocenters. The second-order valence-electron chi connectivity index (χ2n) is 2.96. The summed E-state index contributed by atoms with van der Waals surface area (Å²) in [6, 6.07) is 7.07. The molecular weight excluding hydrogens is 196 g/mol. The van der Waals surface area contributed by atoms with Gasteiger partial charge >= 0.3 is 5.97 Å². The lowest BCUT2D eigenvalue weighted by Gasteiger charge is -2.02. The lowest BCUT2D eigenvalue weighted by atomic mass is 10.1. The van der Waals surface area contributed by atoms with Crippen LogP contribution in [0, 0.1) is 13.5 Å². The van der Waals surface area contributed by atoms with Crippen molar-refractivity contribution in [2.24, 2.45) is 0 Å². The number of ether oxygens (including phenoxy) is 1. The summed E-state index contributed by atoms with van der Waals surface area (Å²) in [6.45, 7) is 3.42. The van der Waals surface area contributed by atoms with Gasteiger partial charge in [0.25, 0.3) is 0 Å². The number of benzene rings is 1. The van der Waals surface area contributed by atoms with Crippen LogP contribution < -0.4 is 0 Å². The summed E-state index contributed by atoms with van der Waals surface area (Å²) < 4.78 is 4.68. The van der Waals surface area contributed by atoms with Crippen LogP contribution >= 0.6 is 0 Å². The van der Waals surface area contributed by atoms with Gasteiger partial charge < -0.3 is 4.74 Å². The molecular formula is C11H13O4. The number of rotatable bonds is 5. The lowest BCUT2D eigenvalue weighted by Crippen LogP contribution is -2.06. The van der Waals surface area contributed by atoms with Crippen LogP contribution in [0.2, 0.25) is 0 Å². The van der Waals surface area contributed by atoms with E-state index in [0.717, 1.165) is 5.56 Å². The van der Waals surface area contributed by atoms with E-state index in [1.165, 1.54) is 13.7 Å². The molecule has 0 aliphatic rings. The van der Waals surface area contributed by atoms with Crippen LogP contribution in [0.25, 0.3) is 0 Å². The highest BCUT2D eigenvalue weighted by atomic mass is 17.2. The quantitative estimate of drug-likeness (QED) is 0.422. The molecule has 1 rings (SSSR count). The van der Waals surface area contributed by atoms with E-state index in [1.807, 2.05) is 13.0 Å². The van der Waals surface area contributed by atoms with Gasteiger partial charge in [-0.2, -0.15) is 4.89 Å². The minimum atomic E-state index is -0.522. The third-order valence-electron chi connectivity index (χ3n) is 1.68. The van der Waals surface area contributed by atoms with Gasteiger partial charge in [0.15, 0.2) is 6.61 Å². The first-order chi connectivity index (χ1) is 7.24. The van der Waals surface area contributed by atoms with Crippen LogP contribution in [0.3, 0.4) is 0 Å². The van der Waals surface area contributed by atoms with Gasteiger partial charge in [0.05, 0.1) is 12.2 Å². The predicted octanol–water partition coefficient (Wildman–Crippen LogP) is 1.89. The number of hydrogen-bond acceptors (Lipinski definition) is 4. The Bertz CT molecular complexity index is 322. The molecule has 0 aliphatic heterocycles. The van der Waals surface area contributed by atoms with Crippen molar-refractivity contribution < 1.29 is 19.3 Å². The molecule has 15 heavy (non-hydrogen) atoms. The van der Waals surface area contributed by atoms with Gasteiger partial charge in [-0.05, 0) is 19.1 Å². The van der Waals surface area contributed by atoms with Gasteiger partial charge in [0.2, 0.25) is 0 Å². The molecule has 0 bridgehead atoms. The zero-order chi connectivity index (χ0) is 11.1. The average molecular weight is 209 g/mol. The topological polar surface area (TPSA) is 44.8 Å². The molecule has 0 spiro atoms. The van der Waals surface area contributed by atoms with E-state index in [0.29, 0.717) is 5.56 Å². The summed E-state index contributed by atoms with van der Waals surface area (Å²) in [7, 11) is 1.52. The molecule has 1 aromatic carbocycles. The SMILES string of the molecule is COC[CH]OOC(=O)c1cccc(C)c1. The first kappa shape index (κ1) is 11.7. The summed E-state index contributed by atoms with van der Waals surface area (Å²) in [5, 5.41) is 0. The van der Waals surface area contributed by atoms with E-state index in [1.54, 1.807) is 18.2 Å². The van der Waals surface area contributed by atoms with E-state index in [9.17, 15) is 4.79 Å². The summed E-state index contributed by atoms with van der Waals surface area (Å²) in [5.41, 5.74) is 1.45. The third kappa shape index (κ3) is 4.10.